The molecule has 19 heavy (non-hydrogen) atoms. The standard InChI is InChI=1S/C14H17FN2O2/c15-12-5-2-11(3-6-12)4-7-14(19)17-9-1-8-16-13(18)10-17/h2-3,5-6H,1,4,7-10H2,(H,16,18). The number of hydrogen-bond donors (Lipinski definition) is 1. The SMILES string of the molecule is O=C1CN(C(=O)CCc2ccc(F)cc2)CCCN1. The lowest BCUT2D eigenvalue weighted by Gasteiger charge is -2.18. The van der Waals surface area contributed by atoms with E-state index in [0.717, 1.165) is 12.0 Å². The van der Waals surface area contributed by atoms with Crippen molar-refractivity contribution in [3.8, 4) is 0 Å². The summed E-state index contributed by atoms with van der Waals surface area (Å²) in [6, 6.07) is 6.13. The molecule has 1 aliphatic heterocycles. The first-order valence-electron chi connectivity index (χ1n) is 6.44. The van der Waals surface area contributed by atoms with Gasteiger partial charge in [-0.25, -0.2) is 4.39 Å². The average Bonchev–Trinajstić information content (AvgIpc) is 2.62. The molecule has 0 bridgehead atoms. The van der Waals surface area contributed by atoms with E-state index < -0.39 is 0 Å². The number of benzene rings is 1. The molecule has 0 radical (unpaired) electrons. The van der Waals surface area contributed by atoms with Crippen LogP contribution in [0.4, 0.5) is 4.39 Å². The van der Waals surface area contributed by atoms with Crippen molar-refractivity contribution >= 4 is 11.8 Å². The molecule has 1 aromatic carbocycles. The average molecular weight is 264 g/mol. The summed E-state index contributed by atoms with van der Waals surface area (Å²) in [6.07, 6.45) is 1.70. The largest absolute Gasteiger partial charge is 0.354 e. The van der Waals surface area contributed by atoms with Gasteiger partial charge in [-0.2, -0.15) is 0 Å². The van der Waals surface area contributed by atoms with E-state index >= 15 is 0 Å². The first kappa shape index (κ1) is 13.5. The molecule has 5 heteroatoms. The fraction of sp³-hybridized carbons (Fsp3) is 0.429. The molecular weight excluding hydrogens is 247 g/mol. The van der Waals surface area contributed by atoms with Gasteiger partial charge in [0, 0.05) is 19.5 Å². The molecule has 0 unspecified atom stereocenters. The van der Waals surface area contributed by atoms with Crippen LogP contribution in [-0.4, -0.2) is 36.3 Å². The Labute approximate surface area is 111 Å². The van der Waals surface area contributed by atoms with Gasteiger partial charge in [0.1, 0.15) is 5.82 Å². The smallest absolute Gasteiger partial charge is 0.239 e. The number of aryl methyl sites for hydroxylation is 1. The Hall–Kier alpha value is -1.91. The zero-order valence-electron chi connectivity index (χ0n) is 10.7. The van der Waals surface area contributed by atoms with Crippen molar-refractivity contribution in [1.82, 2.24) is 10.2 Å². The molecule has 0 aliphatic carbocycles. The Morgan fingerprint density at radius 1 is 1.32 bits per heavy atom. The fourth-order valence-corrected chi connectivity index (χ4v) is 2.08. The van der Waals surface area contributed by atoms with Crippen LogP contribution in [0.3, 0.4) is 0 Å². The third-order valence-corrected chi connectivity index (χ3v) is 3.15. The van der Waals surface area contributed by atoms with Gasteiger partial charge in [0.25, 0.3) is 0 Å². The van der Waals surface area contributed by atoms with E-state index in [1.54, 1.807) is 17.0 Å². The molecule has 1 fully saturated rings. The maximum atomic E-state index is 12.7. The molecule has 1 aromatic rings. The van der Waals surface area contributed by atoms with Crippen molar-refractivity contribution in [2.24, 2.45) is 0 Å². The normalized spacial score (nSPS) is 15.8. The molecule has 1 aliphatic rings. The van der Waals surface area contributed by atoms with E-state index in [2.05, 4.69) is 5.32 Å². The molecule has 0 saturated carbocycles. The predicted molar refractivity (Wildman–Crippen MR) is 68.9 cm³/mol. The van der Waals surface area contributed by atoms with E-state index in [9.17, 15) is 14.0 Å². The van der Waals surface area contributed by atoms with E-state index in [1.807, 2.05) is 0 Å². The third-order valence-electron chi connectivity index (χ3n) is 3.15. The summed E-state index contributed by atoms with van der Waals surface area (Å²) in [7, 11) is 0. The minimum Gasteiger partial charge on any atom is -0.354 e. The highest BCUT2D eigenvalue weighted by atomic mass is 19.1. The number of nitrogens with one attached hydrogen (secondary N) is 1. The molecule has 1 heterocycles. The summed E-state index contributed by atoms with van der Waals surface area (Å²) in [5, 5.41) is 2.73. The number of rotatable bonds is 3. The van der Waals surface area contributed by atoms with Gasteiger partial charge < -0.3 is 10.2 Å². The molecule has 2 rings (SSSR count). The Balaban J connectivity index is 1.86. The minimum atomic E-state index is -0.278. The Morgan fingerprint density at radius 2 is 2.05 bits per heavy atom. The molecule has 2 amide bonds. The number of carbonyl (C=O) groups excluding carboxylic acids is 2. The van der Waals surface area contributed by atoms with Crippen LogP contribution in [0.25, 0.3) is 0 Å². The molecule has 0 spiro atoms. The van der Waals surface area contributed by atoms with Crippen LogP contribution in [-0.2, 0) is 16.0 Å². The Bertz CT molecular complexity index is 459. The molecule has 1 saturated heterocycles. The van der Waals surface area contributed by atoms with Gasteiger partial charge in [-0.15, -0.1) is 0 Å². The topological polar surface area (TPSA) is 49.4 Å². The second-order valence-corrected chi connectivity index (χ2v) is 4.65. The van der Waals surface area contributed by atoms with Gasteiger partial charge in [0.2, 0.25) is 11.8 Å². The van der Waals surface area contributed by atoms with Crippen LogP contribution in [0.5, 0.6) is 0 Å². The molecular formula is C14H17FN2O2. The van der Waals surface area contributed by atoms with Crippen LogP contribution >= 0.6 is 0 Å². The number of nitrogens with zero attached hydrogens (tertiary/aromatic N) is 1. The Morgan fingerprint density at radius 3 is 2.79 bits per heavy atom. The van der Waals surface area contributed by atoms with Gasteiger partial charge in [0.15, 0.2) is 0 Å². The number of amides is 2. The van der Waals surface area contributed by atoms with E-state index in [0.29, 0.717) is 25.9 Å². The van der Waals surface area contributed by atoms with Crippen molar-refractivity contribution in [2.75, 3.05) is 19.6 Å². The molecule has 0 aromatic heterocycles. The summed E-state index contributed by atoms with van der Waals surface area (Å²) in [6.45, 7) is 1.38. The van der Waals surface area contributed by atoms with Crippen molar-refractivity contribution in [1.29, 1.82) is 0 Å². The lowest BCUT2D eigenvalue weighted by Crippen LogP contribution is -2.37. The Kier molecular flexibility index (Phi) is 4.49. The van der Waals surface area contributed by atoms with Crippen LogP contribution in [0, 0.1) is 5.82 Å². The highest BCUT2D eigenvalue weighted by molar-refractivity contribution is 5.85. The molecule has 4 nitrogen and oxygen atoms in total. The zero-order valence-corrected chi connectivity index (χ0v) is 10.7. The lowest BCUT2D eigenvalue weighted by molar-refractivity contribution is -0.135. The van der Waals surface area contributed by atoms with Gasteiger partial charge in [-0.1, -0.05) is 12.1 Å². The van der Waals surface area contributed by atoms with Crippen LogP contribution in [0.15, 0.2) is 24.3 Å². The van der Waals surface area contributed by atoms with Crippen molar-refractivity contribution in [3.05, 3.63) is 35.6 Å². The van der Waals surface area contributed by atoms with Crippen LogP contribution < -0.4 is 5.32 Å². The van der Waals surface area contributed by atoms with Crippen LogP contribution in [0.2, 0.25) is 0 Å². The third kappa shape index (κ3) is 4.05. The first-order chi connectivity index (χ1) is 9.15. The molecule has 102 valence electrons. The highest BCUT2D eigenvalue weighted by Crippen LogP contribution is 2.08. The minimum absolute atomic E-state index is 0.0265. The summed E-state index contributed by atoms with van der Waals surface area (Å²) < 4.78 is 12.7. The van der Waals surface area contributed by atoms with E-state index in [-0.39, 0.29) is 24.2 Å². The van der Waals surface area contributed by atoms with Gasteiger partial charge >= 0.3 is 0 Å². The first-order valence-corrected chi connectivity index (χ1v) is 6.44. The van der Waals surface area contributed by atoms with Crippen molar-refractivity contribution in [3.63, 3.8) is 0 Å². The second kappa shape index (κ2) is 6.31. The van der Waals surface area contributed by atoms with Crippen molar-refractivity contribution < 1.29 is 14.0 Å². The number of hydrogen-bond acceptors (Lipinski definition) is 2. The summed E-state index contributed by atoms with van der Waals surface area (Å²) in [5.41, 5.74) is 0.925. The summed E-state index contributed by atoms with van der Waals surface area (Å²) >= 11 is 0. The molecule has 1 N–H and O–H groups in total. The number of halogens is 1. The fourth-order valence-electron chi connectivity index (χ4n) is 2.08. The van der Waals surface area contributed by atoms with Gasteiger partial charge in [0.05, 0.1) is 6.54 Å². The zero-order chi connectivity index (χ0) is 13.7. The maximum absolute atomic E-state index is 12.7. The quantitative estimate of drug-likeness (QED) is 0.889. The van der Waals surface area contributed by atoms with Crippen molar-refractivity contribution in [2.45, 2.75) is 19.3 Å². The monoisotopic (exact) mass is 264 g/mol. The predicted octanol–water partition coefficient (Wildman–Crippen LogP) is 1.11. The van der Waals surface area contributed by atoms with Crippen LogP contribution in [0.1, 0.15) is 18.4 Å². The number of carbonyl (C=O) groups is 2. The van der Waals surface area contributed by atoms with Gasteiger partial charge in [-0.3, -0.25) is 9.59 Å². The maximum Gasteiger partial charge on any atom is 0.239 e. The lowest BCUT2D eigenvalue weighted by atomic mass is 10.1. The summed E-state index contributed by atoms with van der Waals surface area (Å²) in [4.78, 5) is 25.0. The van der Waals surface area contributed by atoms with E-state index in [1.165, 1.54) is 12.1 Å². The molecule has 0 atom stereocenters. The highest BCUT2D eigenvalue weighted by Gasteiger charge is 2.19. The van der Waals surface area contributed by atoms with Gasteiger partial charge in [-0.05, 0) is 30.5 Å². The second-order valence-electron chi connectivity index (χ2n) is 4.65. The summed E-state index contributed by atoms with van der Waals surface area (Å²) in [5.74, 6) is -0.409. The van der Waals surface area contributed by atoms with E-state index in [4.69, 9.17) is 0 Å².